The van der Waals surface area contributed by atoms with Gasteiger partial charge >= 0.3 is 0 Å². The maximum absolute atomic E-state index is 11.1. The molecule has 0 saturated heterocycles. The summed E-state index contributed by atoms with van der Waals surface area (Å²) >= 11 is 0. The van der Waals surface area contributed by atoms with Crippen LogP contribution in [0.1, 0.15) is 0 Å². The molecule has 6 aromatic rings. The number of aromatic hydroxyl groups is 1. The Bertz CT molecular complexity index is 1560. The predicted molar refractivity (Wildman–Crippen MR) is 124 cm³/mol. The molecule has 136 valence electrons. The summed E-state index contributed by atoms with van der Waals surface area (Å²) in [7, 11) is 0. The summed E-state index contributed by atoms with van der Waals surface area (Å²) in [6.07, 6.45) is 0. The van der Waals surface area contributed by atoms with Gasteiger partial charge in [0.25, 0.3) is 0 Å². The Hall–Kier alpha value is -3.84. The molecular weight excluding hydrogens is 352 g/mol. The zero-order chi connectivity index (χ0) is 19.4. The second kappa shape index (κ2) is 6.08. The highest BCUT2D eigenvalue weighted by Gasteiger charge is 2.16. The lowest BCUT2D eigenvalue weighted by molar-refractivity contribution is 0.478. The molecule has 0 aliphatic heterocycles. The lowest BCUT2D eigenvalue weighted by Gasteiger charge is -2.15. The van der Waals surface area contributed by atoms with Crippen molar-refractivity contribution in [3.8, 4) is 16.9 Å². The summed E-state index contributed by atoms with van der Waals surface area (Å²) < 4.78 is 0. The minimum absolute atomic E-state index is 0.314. The van der Waals surface area contributed by atoms with Gasteiger partial charge in [0.2, 0.25) is 0 Å². The average Bonchev–Trinajstić information content (AvgIpc) is 2.78. The molecule has 0 aliphatic carbocycles. The van der Waals surface area contributed by atoms with Crippen LogP contribution < -0.4 is 0 Å². The van der Waals surface area contributed by atoms with E-state index in [0.717, 1.165) is 27.3 Å². The first-order valence-corrected chi connectivity index (χ1v) is 9.85. The number of phenolic OH excluding ortho intramolecular Hbond substituents is 1. The lowest BCUT2D eigenvalue weighted by Crippen LogP contribution is -1.88. The van der Waals surface area contributed by atoms with E-state index in [4.69, 9.17) is 0 Å². The summed E-state index contributed by atoms with van der Waals surface area (Å²) in [5.41, 5.74) is 1.97. The fourth-order valence-corrected chi connectivity index (χ4v) is 4.63. The van der Waals surface area contributed by atoms with Crippen molar-refractivity contribution in [2.24, 2.45) is 0 Å². The van der Waals surface area contributed by atoms with Gasteiger partial charge in [-0.2, -0.15) is 0 Å². The fraction of sp³-hybridized carbons (Fsp3) is 0. The maximum atomic E-state index is 11.1. The van der Waals surface area contributed by atoms with Crippen LogP contribution in [0.2, 0.25) is 0 Å². The smallest absolute Gasteiger partial charge is 0.124 e. The van der Waals surface area contributed by atoms with Crippen LogP contribution in [0.5, 0.6) is 5.75 Å². The van der Waals surface area contributed by atoms with Crippen LogP contribution in [-0.2, 0) is 0 Å². The van der Waals surface area contributed by atoms with Crippen molar-refractivity contribution in [2.75, 3.05) is 0 Å². The molecule has 0 spiro atoms. The van der Waals surface area contributed by atoms with E-state index in [-0.39, 0.29) is 0 Å². The summed E-state index contributed by atoms with van der Waals surface area (Å²) in [5, 5.41) is 20.4. The van der Waals surface area contributed by atoms with Gasteiger partial charge in [0.1, 0.15) is 5.75 Å². The average molecular weight is 370 g/mol. The summed E-state index contributed by atoms with van der Waals surface area (Å²) in [6, 6.07) is 35.7. The number of fused-ring (bicyclic) bond motifs is 6. The summed E-state index contributed by atoms with van der Waals surface area (Å²) in [6.45, 7) is 0. The van der Waals surface area contributed by atoms with Crippen LogP contribution in [0.3, 0.4) is 0 Å². The predicted octanol–water partition coefficient (Wildman–Crippen LogP) is 7.67. The van der Waals surface area contributed by atoms with Gasteiger partial charge in [0.05, 0.1) is 0 Å². The molecule has 6 aromatic carbocycles. The zero-order valence-corrected chi connectivity index (χ0v) is 15.8. The lowest BCUT2D eigenvalue weighted by atomic mass is 9.89. The molecule has 6 rings (SSSR count). The van der Waals surface area contributed by atoms with Crippen molar-refractivity contribution in [3.63, 3.8) is 0 Å². The minimum atomic E-state index is 0.314. The molecular formula is C28H18O. The second-order valence-electron chi connectivity index (χ2n) is 7.53. The van der Waals surface area contributed by atoms with Crippen LogP contribution in [0, 0.1) is 0 Å². The van der Waals surface area contributed by atoms with Crippen molar-refractivity contribution in [2.45, 2.75) is 0 Å². The maximum Gasteiger partial charge on any atom is 0.124 e. The Labute approximate surface area is 168 Å². The molecule has 0 atom stereocenters. The highest BCUT2D eigenvalue weighted by molar-refractivity contribution is 6.21. The molecule has 0 radical (unpaired) electrons. The Morgan fingerprint density at radius 3 is 1.66 bits per heavy atom. The monoisotopic (exact) mass is 370 g/mol. The third kappa shape index (κ3) is 2.34. The number of phenols is 1. The SMILES string of the molecule is Oc1ccc2ccc3ccccc3c2c1-c1cccc2ccc3ccccc3c12. The number of benzene rings is 6. The van der Waals surface area contributed by atoms with Crippen molar-refractivity contribution < 1.29 is 5.11 Å². The highest BCUT2D eigenvalue weighted by Crippen LogP contribution is 2.44. The van der Waals surface area contributed by atoms with Gasteiger partial charge < -0.3 is 5.11 Å². The molecule has 0 unspecified atom stereocenters. The van der Waals surface area contributed by atoms with Crippen molar-refractivity contribution in [3.05, 3.63) is 103 Å². The van der Waals surface area contributed by atoms with Gasteiger partial charge in [0, 0.05) is 10.9 Å². The summed E-state index contributed by atoms with van der Waals surface area (Å²) in [4.78, 5) is 0. The van der Waals surface area contributed by atoms with Crippen LogP contribution >= 0.6 is 0 Å². The van der Waals surface area contributed by atoms with Gasteiger partial charge in [0.15, 0.2) is 0 Å². The molecule has 1 nitrogen and oxygen atoms in total. The number of hydrogen-bond acceptors (Lipinski definition) is 1. The van der Waals surface area contributed by atoms with Crippen molar-refractivity contribution in [1.29, 1.82) is 0 Å². The topological polar surface area (TPSA) is 20.2 Å². The third-order valence-electron chi connectivity index (χ3n) is 5.93. The van der Waals surface area contributed by atoms with E-state index in [2.05, 4.69) is 91.0 Å². The second-order valence-corrected chi connectivity index (χ2v) is 7.53. The van der Waals surface area contributed by atoms with Gasteiger partial charge in [-0.15, -0.1) is 0 Å². The van der Waals surface area contributed by atoms with Crippen molar-refractivity contribution in [1.82, 2.24) is 0 Å². The zero-order valence-electron chi connectivity index (χ0n) is 15.8. The first-order chi connectivity index (χ1) is 14.3. The standard InChI is InChI=1S/C28H18O/c29-25-17-16-21-15-13-19-7-2-4-10-23(19)27(21)28(25)24-11-5-8-20-14-12-18-6-1-3-9-22(18)26(20)24/h1-17,29H. The molecule has 0 heterocycles. The van der Waals surface area contributed by atoms with Gasteiger partial charge in [-0.25, -0.2) is 0 Å². The first kappa shape index (κ1) is 16.1. The molecule has 0 saturated carbocycles. The van der Waals surface area contributed by atoms with Crippen LogP contribution in [0.4, 0.5) is 0 Å². The first-order valence-electron chi connectivity index (χ1n) is 9.85. The molecule has 0 aliphatic rings. The molecule has 0 amide bonds. The third-order valence-corrected chi connectivity index (χ3v) is 5.93. The Morgan fingerprint density at radius 1 is 0.414 bits per heavy atom. The van der Waals surface area contributed by atoms with E-state index >= 15 is 0 Å². The van der Waals surface area contributed by atoms with Gasteiger partial charge in [-0.3, -0.25) is 0 Å². The van der Waals surface area contributed by atoms with E-state index in [1.54, 1.807) is 0 Å². The summed E-state index contributed by atoms with van der Waals surface area (Å²) in [5.74, 6) is 0.314. The molecule has 0 bridgehead atoms. The number of rotatable bonds is 1. The van der Waals surface area contributed by atoms with Crippen LogP contribution in [-0.4, -0.2) is 5.11 Å². The quantitative estimate of drug-likeness (QED) is 0.294. The number of hydrogen-bond donors (Lipinski definition) is 1. The van der Waals surface area contributed by atoms with E-state index in [0.29, 0.717) is 5.75 Å². The minimum Gasteiger partial charge on any atom is -0.507 e. The largest absolute Gasteiger partial charge is 0.507 e. The Balaban J connectivity index is 1.87. The Kier molecular flexibility index (Phi) is 3.39. The van der Waals surface area contributed by atoms with Crippen LogP contribution in [0.15, 0.2) is 103 Å². The van der Waals surface area contributed by atoms with Crippen LogP contribution in [0.25, 0.3) is 54.2 Å². The van der Waals surface area contributed by atoms with Crippen molar-refractivity contribution >= 4 is 43.1 Å². The van der Waals surface area contributed by atoms with E-state index in [1.165, 1.54) is 26.9 Å². The van der Waals surface area contributed by atoms with Gasteiger partial charge in [-0.1, -0.05) is 97.1 Å². The highest BCUT2D eigenvalue weighted by atomic mass is 16.3. The molecule has 0 fully saturated rings. The molecule has 1 heteroatoms. The van der Waals surface area contributed by atoms with E-state index in [9.17, 15) is 5.11 Å². The molecule has 29 heavy (non-hydrogen) atoms. The molecule has 0 aromatic heterocycles. The normalized spacial score (nSPS) is 11.6. The van der Waals surface area contributed by atoms with Gasteiger partial charge in [-0.05, 0) is 49.3 Å². The fourth-order valence-electron chi connectivity index (χ4n) is 4.63. The van der Waals surface area contributed by atoms with E-state index < -0.39 is 0 Å². The van der Waals surface area contributed by atoms with E-state index in [1.807, 2.05) is 12.1 Å². The molecule has 1 N–H and O–H groups in total. The Morgan fingerprint density at radius 2 is 0.931 bits per heavy atom.